The number of rotatable bonds is 5. The number of urea groups is 1. The van der Waals surface area contributed by atoms with Crippen LogP contribution < -0.4 is 20.7 Å². The average Bonchev–Trinajstić information content (AvgIpc) is 3.15. The number of hydrogen-bond donors (Lipinski definition) is 3. The van der Waals surface area contributed by atoms with Crippen LogP contribution in [0.3, 0.4) is 0 Å². The molecule has 1 aliphatic rings. The monoisotopic (exact) mass is 375 g/mol. The van der Waals surface area contributed by atoms with Crippen LogP contribution in [-0.4, -0.2) is 32.5 Å². The van der Waals surface area contributed by atoms with Crippen LogP contribution in [0.1, 0.15) is 18.4 Å². The maximum absolute atomic E-state index is 12.0. The van der Waals surface area contributed by atoms with Crippen molar-refractivity contribution >= 4 is 27.6 Å². The molecule has 0 radical (unpaired) electrons. The number of hydrogen-bond acceptors (Lipinski definition) is 5. The van der Waals surface area contributed by atoms with Crippen molar-refractivity contribution in [2.45, 2.75) is 24.3 Å². The number of pyridine rings is 1. The van der Waals surface area contributed by atoms with Crippen molar-refractivity contribution in [3.63, 3.8) is 0 Å². The summed E-state index contributed by atoms with van der Waals surface area (Å²) in [7, 11) is -3.74. The number of carbonyl (C=O) groups is 1. The van der Waals surface area contributed by atoms with Gasteiger partial charge in [0, 0.05) is 31.5 Å². The van der Waals surface area contributed by atoms with Crippen LogP contribution in [0.5, 0.6) is 0 Å². The van der Waals surface area contributed by atoms with E-state index in [1.54, 1.807) is 6.20 Å². The highest BCUT2D eigenvalue weighted by atomic mass is 32.2. The molecule has 0 atom stereocenters. The molecular weight excluding hydrogens is 354 g/mol. The summed E-state index contributed by atoms with van der Waals surface area (Å²) in [6, 6.07) is 9.11. The van der Waals surface area contributed by atoms with Gasteiger partial charge in [-0.1, -0.05) is 0 Å². The number of sulfonamides is 1. The highest BCUT2D eigenvalue weighted by Crippen LogP contribution is 2.18. The maximum Gasteiger partial charge on any atom is 0.319 e. The van der Waals surface area contributed by atoms with Crippen molar-refractivity contribution in [1.82, 2.24) is 10.3 Å². The SMILES string of the molecule is NS(=O)(=O)c1ccc(NC(=O)NCc2ccnc(N3CCCC3)c2)cc1. The fourth-order valence-corrected chi connectivity index (χ4v) is 3.29. The average molecular weight is 375 g/mol. The first-order valence-corrected chi connectivity index (χ1v) is 9.84. The van der Waals surface area contributed by atoms with Gasteiger partial charge in [-0.2, -0.15) is 0 Å². The summed E-state index contributed by atoms with van der Waals surface area (Å²) in [5, 5.41) is 10.5. The second-order valence-electron chi connectivity index (χ2n) is 6.09. The summed E-state index contributed by atoms with van der Waals surface area (Å²) >= 11 is 0. The van der Waals surface area contributed by atoms with Gasteiger partial charge >= 0.3 is 6.03 Å². The smallest absolute Gasteiger partial charge is 0.319 e. The molecule has 8 nitrogen and oxygen atoms in total. The van der Waals surface area contributed by atoms with Crippen LogP contribution in [-0.2, 0) is 16.6 Å². The molecule has 0 bridgehead atoms. The van der Waals surface area contributed by atoms with Gasteiger partial charge in [0.15, 0.2) is 0 Å². The Hall–Kier alpha value is -2.65. The molecule has 1 fully saturated rings. The highest BCUT2D eigenvalue weighted by molar-refractivity contribution is 7.89. The van der Waals surface area contributed by atoms with Gasteiger partial charge in [0.05, 0.1) is 4.90 Å². The topological polar surface area (TPSA) is 117 Å². The quantitative estimate of drug-likeness (QED) is 0.734. The molecular formula is C17H21N5O3S. The molecule has 1 aliphatic heterocycles. The normalized spacial score (nSPS) is 14.3. The Balaban J connectivity index is 1.55. The minimum absolute atomic E-state index is 0.00492. The number of anilines is 2. The Morgan fingerprint density at radius 3 is 2.50 bits per heavy atom. The van der Waals surface area contributed by atoms with E-state index in [1.165, 1.54) is 37.1 Å². The van der Waals surface area contributed by atoms with Crippen LogP contribution in [0, 0.1) is 0 Å². The lowest BCUT2D eigenvalue weighted by Gasteiger charge is -2.17. The van der Waals surface area contributed by atoms with Gasteiger partial charge in [-0.3, -0.25) is 0 Å². The predicted octanol–water partition coefficient (Wildman–Crippen LogP) is 1.65. The van der Waals surface area contributed by atoms with E-state index in [2.05, 4.69) is 20.5 Å². The minimum atomic E-state index is -3.74. The van der Waals surface area contributed by atoms with Crippen LogP contribution in [0.15, 0.2) is 47.5 Å². The number of aromatic nitrogens is 1. The Kier molecular flexibility index (Phi) is 5.38. The van der Waals surface area contributed by atoms with Gasteiger partial charge in [-0.25, -0.2) is 23.3 Å². The maximum atomic E-state index is 12.0. The van der Waals surface area contributed by atoms with Gasteiger partial charge < -0.3 is 15.5 Å². The second kappa shape index (κ2) is 7.71. The van der Waals surface area contributed by atoms with E-state index in [0.29, 0.717) is 12.2 Å². The highest BCUT2D eigenvalue weighted by Gasteiger charge is 2.13. The van der Waals surface area contributed by atoms with E-state index in [4.69, 9.17) is 5.14 Å². The summed E-state index contributed by atoms with van der Waals surface area (Å²) in [5.41, 5.74) is 1.43. The van der Waals surface area contributed by atoms with Gasteiger partial charge in [0.2, 0.25) is 10.0 Å². The van der Waals surface area contributed by atoms with Crippen LogP contribution in [0.2, 0.25) is 0 Å². The summed E-state index contributed by atoms with van der Waals surface area (Å²) in [6.07, 6.45) is 4.10. The standard InChI is InChI=1S/C17H21N5O3S/c18-26(24,25)15-5-3-14(4-6-15)21-17(23)20-12-13-7-8-19-16(11-13)22-9-1-2-10-22/h3-8,11H,1-2,9-10,12H2,(H2,18,24,25)(H2,20,21,23). The number of benzene rings is 1. The third kappa shape index (κ3) is 4.70. The molecule has 0 aliphatic carbocycles. The van der Waals surface area contributed by atoms with Crippen LogP contribution in [0.4, 0.5) is 16.3 Å². The summed E-state index contributed by atoms with van der Waals surface area (Å²) < 4.78 is 22.4. The zero-order valence-electron chi connectivity index (χ0n) is 14.2. The zero-order valence-corrected chi connectivity index (χ0v) is 15.0. The molecule has 2 heterocycles. The zero-order chi connectivity index (χ0) is 18.6. The molecule has 1 saturated heterocycles. The first-order valence-electron chi connectivity index (χ1n) is 8.29. The fourth-order valence-electron chi connectivity index (χ4n) is 2.78. The molecule has 4 N–H and O–H groups in total. The second-order valence-corrected chi connectivity index (χ2v) is 7.65. The number of nitrogens with two attached hydrogens (primary N) is 1. The van der Waals surface area contributed by atoms with E-state index in [0.717, 1.165) is 24.5 Å². The Labute approximate surface area is 152 Å². The third-order valence-corrected chi connectivity index (χ3v) is 5.06. The molecule has 0 unspecified atom stereocenters. The summed E-state index contributed by atoms with van der Waals surface area (Å²) in [6.45, 7) is 2.39. The molecule has 0 saturated carbocycles. The Morgan fingerprint density at radius 2 is 1.85 bits per heavy atom. The summed E-state index contributed by atoms with van der Waals surface area (Å²) in [5.74, 6) is 0.931. The lowest BCUT2D eigenvalue weighted by atomic mass is 10.2. The Bertz CT molecular complexity index is 878. The number of nitrogens with zero attached hydrogens (tertiary/aromatic N) is 2. The molecule has 138 valence electrons. The van der Waals surface area contributed by atoms with E-state index in [-0.39, 0.29) is 10.9 Å². The molecule has 0 spiro atoms. The number of primary sulfonamides is 1. The lowest BCUT2D eigenvalue weighted by Crippen LogP contribution is -2.28. The van der Waals surface area contributed by atoms with E-state index in [1.807, 2.05) is 12.1 Å². The van der Waals surface area contributed by atoms with Crippen molar-refractivity contribution in [2.24, 2.45) is 5.14 Å². The predicted molar refractivity (Wildman–Crippen MR) is 99.4 cm³/mol. The third-order valence-electron chi connectivity index (χ3n) is 4.13. The lowest BCUT2D eigenvalue weighted by molar-refractivity contribution is 0.251. The fraction of sp³-hybridized carbons (Fsp3) is 0.294. The first kappa shape index (κ1) is 18.2. The molecule has 2 aromatic rings. The summed E-state index contributed by atoms with van der Waals surface area (Å²) in [4.78, 5) is 18.6. The largest absolute Gasteiger partial charge is 0.357 e. The number of amides is 2. The van der Waals surface area contributed by atoms with Gasteiger partial charge in [-0.15, -0.1) is 0 Å². The minimum Gasteiger partial charge on any atom is -0.357 e. The van der Waals surface area contributed by atoms with E-state index in [9.17, 15) is 13.2 Å². The van der Waals surface area contributed by atoms with Gasteiger partial charge in [0.25, 0.3) is 0 Å². The molecule has 1 aromatic carbocycles. The molecule has 3 rings (SSSR count). The molecule has 9 heteroatoms. The van der Waals surface area contributed by atoms with Crippen molar-refractivity contribution in [2.75, 3.05) is 23.3 Å². The van der Waals surface area contributed by atoms with Crippen molar-refractivity contribution in [3.8, 4) is 0 Å². The first-order chi connectivity index (χ1) is 12.4. The van der Waals surface area contributed by atoms with Crippen LogP contribution in [0.25, 0.3) is 0 Å². The van der Waals surface area contributed by atoms with E-state index >= 15 is 0 Å². The molecule has 2 amide bonds. The van der Waals surface area contributed by atoms with Crippen molar-refractivity contribution < 1.29 is 13.2 Å². The van der Waals surface area contributed by atoms with Crippen molar-refractivity contribution in [3.05, 3.63) is 48.2 Å². The van der Waals surface area contributed by atoms with Crippen molar-refractivity contribution in [1.29, 1.82) is 0 Å². The molecule has 1 aromatic heterocycles. The van der Waals surface area contributed by atoms with E-state index < -0.39 is 10.0 Å². The number of nitrogens with one attached hydrogen (secondary N) is 2. The number of carbonyl (C=O) groups excluding carboxylic acids is 1. The Morgan fingerprint density at radius 1 is 1.15 bits per heavy atom. The molecule has 26 heavy (non-hydrogen) atoms. The van der Waals surface area contributed by atoms with Crippen LogP contribution >= 0.6 is 0 Å². The van der Waals surface area contributed by atoms with Gasteiger partial charge in [0.1, 0.15) is 5.82 Å². The van der Waals surface area contributed by atoms with Gasteiger partial charge in [-0.05, 0) is 54.8 Å².